The Morgan fingerprint density at radius 3 is 2.39 bits per heavy atom. The van der Waals surface area contributed by atoms with Gasteiger partial charge in [-0.3, -0.25) is 10.1 Å². The molecule has 0 unspecified atom stereocenters. The van der Waals surface area contributed by atoms with E-state index in [0.29, 0.717) is 38.6 Å². The molecule has 3 saturated heterocycles. The topological polar surface area (TPSA) is 91.0 Å². The monoisotopic (exact) mass is 324 g/mol. The predicted octanol–water partition coefficient (Wildman–Crippen LogP) is 0.281. The summed E-state index contributed by atoms with van der Waals surface area (Å²) in [6, 6.07) is 0.0457. The van der Waals surface area contributed by atoms with Crippen molar-refractivity contribution in [2.24, 2.45) is 0 Å². The van der Waals surface area contributed by atoms with E-state index >= 15 is 0 Å². The molecule has 0 bridgehead atoms. The molecule has 3 aliphatic heterocycles. The van der Waals surface area contributed by atoms with Crippen LogP contribution in [0.5, 0.6) is 0 Å². The zero-order chi connectivity index (χ0) is 16.4. The molecule has 0 aromatic heterocycles. The Bertz CT molecular complexity index is 494. The van der Waals surface area contributed by atoms with E-state index in [0.717, 1.165) is 25.9 Å². The SMILES string of the molecule is CCOC(=O)N1CCC(N2CCC3(CC2)NC(=O)NC3=O)CC1. The van der Waals surface area contributed by atoms with Gasteiger partial charge in [0.25, 0.3) is 5.91 Å². The highest BCUT2D eigenvalue weighted by Crippen LogP contribution is 2.28. The van der Waals surface area contributed by atoms with E-state index in [-0.39, 0.29) is 18.0 Å². The lowest BCUT2D eigenvalue weighted by Gasteiger charge is -2.43. The van der Waals surface area contributed by atoms with Crippen molar-refractivity contribution in [3.63, 3.8) is 0 Å². The van der Waals surface area contributed by atoms with Crippen LogP contribution in [0.25, 0.3) is 0 Å². The van der Waals surface area contributed by atoms with Crippen molar-refractivity contribution in [3.8, 4) is 0 Å². The van der Waals surface area contributed by atoms with Gasteiger partial charge >= 0.3 is 12.1 Å². The summed E-state index contributed by atoms with van der Waals surface area (Å²) in [5.41, 5.74) is -0.709. The van der Waals surface area contributed by atoms with Gasteiger partial charge in [-0.15, -0.1) is 0 Å². The van der Waals surface area contributed by atoms with Crippen LogP contribution in [0.1, 0.15) is 32.6 Å². The summed E-state index contributed by atoms with van der Waals surface area (Å²) in [6.07, 6.45) is 2.90. The van der Waals surface area contributed by atoms with Crippen molar-refractivity contribution in [2.75, 3.05) is 32.8 Å². The minimum atomic E-state index is -0.709. The summed E-state index contributed by atoms with van der Waals surface area (Å²) >= 11 is 0. The number of rotatable bonds is 2. The largest absolute Gasteiger partial charge is 0.450 e. The number of carbonyl (C=O) groups is 3. The van der Waals surface area contributed by atoms with Crippen LogP contribution in [-0.2, 0) is 9.53 Å². The number of hydrogen-bond acceptors (Lipinski definition) is 5. The fourth-order valence-corrected chi connectivity index (χ4v) is 3.78. The molecule has 0 aromatic carbocycles. The molecule has 128 valence electrons. The second-order valence-electron chi connectivity index (χ2n) is 6.44. The molecular weight excluding hydrogens is 300 g/mol. The third-order valence-electron chi connectivity index (χ3n) is 5.17. The highest BCUT2D eigenvalue weighted by molar-refractivity contribution is 6.07. The van der Waals surface area contributed by atoms with E-state index in [1.165, 1.54) is 0 Å². The lowest BCUT2D eigenvalue weighted by molar-refractivity contribution is -0.126. The maximum Gasteiger partial charge on any atom is 0.409 e. The first-order chi connectivity index (χ1) is 11.0. The summed E-state index contributed by atoms with van der Waals surface area (Å²) in [6.45, 7) is 5.22. The molecule has 4 amide bonds. The number of carbonyl (C=O) groups excluding carboxylic acids is 3. The molecule has 3 aliphatic rings. The lowest BCUT2D eigenvalue weighted by atomic mass is 9.86. The van der Waals surface area contributed by atoms with Crippen LogP contribution in [0.3, 0.4) is 0 Å². The van der Waals surface area contributed by atoms with Crippen molar-refractivity contribution in [1.29, 1.82) is 0 Å². The zero-order valence-electron chi connectivity index (χ0n) is 13.5. The third kappa shape index (κ3) is 3.12. The molecule has 0 radical (unpaired) electrons. The maximum absolute atomic E-state index is 12.0. The molecule has 3 heterocycles. The van der Waals surface area contributed by atoms with Crippen LogP contribution in [0.15, 0.2) is 0 Å². The van der Waals surface area contributed by atoms with E-state index in [1.54, 1.807) is 4.90 Å². The van der Waals surface area contributed by atoms with Crippen LogP contribution in [0.4, 0.5) is 9.59 Å². The fourth-order valence-electron chi connectivity index (χ4n) is 3.78. The average Bonchev–Trinajstić information content (AvgIpc) is 2.82. The molecular formula is C15H24N4O4. The molecule has 0 atom stereocenters. The van der Waals surface area contributed by atoms with Crippen LogP contribution in [0.2, 0.25) is 0 Å². The average molecular weight is 324 g/mol. The van der Waals surface area contributed by atoms with Crippen LogP contribution in [-0.4, -0.2) is 72.2 Å². The molecule has 8 heteroatoms. The standard InChI is InChI=1S/C15H24N4O4/c1-2-23-14(22)19-7-3-11(4-8-19)18-9-5-15(6-10-18)12(20)16-13(21)17-15/h11H,2-10H2,1H3,(H2,16,17,20,21). The number of nitrogens with one attached hydrogen (secondary N) is 2. The van der Waals surface area contributed by atoms with E-state index in [2.05, 4.69) is 15.5 Å². The summed E-state index contributed by atoms with van der Waals surface area (Å²) in [4.78, 5) is 39.2. The van der Waals surface area contributed by atoms with Crippen molar-refractivity contribution >= 4 is 18.0 Å². The zero-order valence-corrected chi connectivity index (χ0v) is 13.5. The minimum absolute atomic E-state index is 0.195. The van der Waals surface area contributed by atoms with E-state index < -0.39 is 5.54 Å². The second kappa shape index (κ2) is 6.35. The number of amides is 4. The number of piperidine rings is 2. The number of ether oxygens (including phenoxy) is 1. The maximum atomic E-state index is 12.0. The van der Waals surface area contributed by atoms with Gasteiger partial charge in [-0.1, -0.05) is 0 Å². The predicted molar refractivity (Wildman–Crippen MR) is 81.8 cm³/mol. The van der Waals surface area contributed by atoms with Gasteiger partial charge in [0.05, 0.1) is 6.61 Å². The first kappa shape index (κ1) is 16.0. The van der Waals surface area contributed by atoms with Gasteiger partial charge in [0.1, 0.15) is 5.54 Å². The molecule has 2 N–H and O–H groups in total. The van der Waals surface area contributed by atoms with Gasteiger partial charge in [-0.25, -0.2) is 9.59 Å². The molecule has 3 rings (SSSR count). The number of nitrogens with zero attached hydrogens (tertiary/aromatic N) is 2. The second-order valence-corrected chi connectivity index (χ2v) is 6.44. The van der Waals surface area contributed by atoms with Gasteiger partial charge in [-0.05, 0) is 32.6 Å². The highest BCUT2D eigenvalue weighted by Gasteiger charge is 2.48. The highest BCUT2D eigenvalue weighted by atomic mass is 16.6. The molecule has 0 aromatic rings. The van der Waals surface area contributed by atoms with E-state index in [9.17, 15) is 14.4 Å². The van der Waals surface area contributed by atoms with Crippen LogP contribution < -0.4 is 10.6 Å². The first-order valence-electron chi connectivity index (χ1n) is 8.33. The number of likely N-dealkylation sites (tertiary alicyclic amines) is 2. The smallest absolute Gasteiger partial charge is 0.409 e. The molecule has 8 nitrogen and oxygen atoms in total. The van der Waals surface area contributed by atoms with E-state index in [4.69, 9.17) is 4.74 Å². The number of hydrogen-bond donors (Lipinski definition) is 2. The van der Waals surface area contributed by atoms with Gasteiger partial charge in [-0.2, -0.15) is 0 Å². The lowest BCUT2D eigenvalue weighted by Crippen LogP contribution is -2.57. The molecule has 0 saturated carbocycles. The minimum Gasteiger partial charge on any atom is -0.450 e. The van der Waals surface area contributed by atoms with Gasteiger partial charge < -0.3 is 19.9 Å². The Morgan fingerprint density at radius 1 is 1.22 bits per heavy atom. The summed E-state index contributed by atoms with van der Waals surface area (Å²) in [5.74, 6) is -0.195. The van der Waals surface area contributed by atoms with Crippen molar-refractivity contribution in [1.82, 2.24) is 20.4 Å². The van der Waals surface area contributed by atoms with Crippen molar-refractivity contribution in [2.45, 2.75) is 44.2 Å². The summed E-state index contributed by atoms with van der Waals surface area (Å²) in [5, 5.41) is 5.12. The molecule has 3 fully saturated rings. The fraction of sp³-hybridized carbons (Fsp3) is 0.800. The quantitative estimate of drug-likeness (QED) is 0.712. The molecule has 1 spiro atoms. The molecule has 0 aliphatic carbocycles. The van der Waals surface area contributed by atoms with Crippen LogP contribution >= 0.6 is 0 Å². The first-order valence-corrected chi connectivity index (χ1v) is 8.33. The Morgan fingerprint density at radius 2 is 1.87 bits per heavy atom. The van der Waals surface area contributed by atoms with Crippen molar-refractivity contribution in [3.05, 3.63) is 0 Å². The summed E-state index contributed by atoms with van der Waals surface area (Å²) in [7, 11) is 0. The normalized spacial score (nSPS) is 25.3. The third-order valence-corrected chi connectivity index (χ3v) is 5.17. The van der Waals surface area contributed by atoms with E-state index in [1.807, 2.05) is 6.92 Å². The Hall–Kier alpha value is -1.83. The Labute approximate surface area is 135 Å². The van der Waals surface area contributed by atoms with Gasteiger partial charge in [0.15, 0.2) is 0 Å². The van der Waals surface area contributed by atoms with Gasteiger partial charge in [0, 0.05) is 32.2 Å². The number of urea groups is 1. The molecule has 23 heavy (non-hydrogen) atoms. The van der Waals surface area contributed by atoms with Gasteiger partial charge in [0.2, 0.25) is 0 Å². The number of imide groups is 1. The Balaban J connectivity index is 1.49. The summed E-state index contributed by atoms with van der Waals surface area (Å²) < 4.78 is 5.04. The van der Waals surface area contributed by atoms with Crippen molar-refractivity contribution < 1.29 is 19.1 Å². The van der Waals surface area contributed by atoms with Crippen LogP contribution in [0, 0.1) is 0 Å². The Kier molecular flexibility index (Phi) is 4.43.